The van der Waals surface area contributed by atoms with Crippen LogP contribution in [0, 0.1) is 0 Å². The van der Waals surface area contributed by atoms with Gasteiger partial charge >= 0.3 is 0 Å². The molecule has 0 radical (unpaired) electrons. The van der Waals surface area contributed by atoms with Crippen LogP contribution in [-0.4, -0.2) is 5.33 Å². The molecular weight excluding hydrogens is 176 g/mol. The lowest BCUT2D eigenvalue weighted by atomic mass is 10.2. The second kappa shape index (κ2) is 6.09. The fourth-order valence-corrected chi connectivity index (χ4v) is 0.617. The molecule has 0 saturated carbocycles. The summed E-state index contributed by atoms with van der Waals surface area (Å²) in [6.07, 6.45) is 7.45. The van der Waals surface area contributed by atoms with E-state index in [0.717, 1.165) is 11.8 Å². The first kappa shape index (κ1) is 8.96. The van der Waals surface area contributed by atoms with E-state index in [0.29, 0.717) is 0 Å². The minimum absolute atomic E-state index is 0.945. The highest BCUT2D eigenvalue weighted by Crippen LogP contribution is 1.97. The summed E-state index contributed by atoms with van der Waals surface area (Å²) in [5.41, 5.74) is 1.42. The van der Waals surface area contributed by atoms with Gasteiger partial charge in [0.05, 0.1) is 0 Å². The van der Waals surface area contributed by atoms with E-state index in [1.807, 2.05) is 0 Å². The highest BCUT2D eigenvalue weighted by atomic mass is 79.9. The van der Waals surface area contributed by atoms with E-state index in [1.54, 1.807) is 0 Å². The molecule has 0 amide bonds. The van der Waals surface area contributed by atoms with Crippen molar-refractivity contribution in [3.8, 4) is 0 Å². The lowest BCUT2D eigenvalue weighted by Gasteiger charge is -1.87. The average Bonchev–Trinajstić information content (AvgIpc) is 1.89. The van der Waals surface area contributed by atoms with Crippen LogP contribution in [0.1, 0.15) is 20.3 Å². The van der Waals surface area contributed by atoms with Gasteiger partial charge in [0.2, 0.25) is 0 Å². The summed E-state index contributed by atoms with van der Waals surface area (Å²) < 4.78 is 0. The molecule has 0 aliphatic carbocycles. The summed E-state index contributed by atoms with van der Waals surface area (Å²) in [7, 11) is 0. The third-order valence-electron chi connectivity index (χ3n) is 1.16. The molecular formula is C8H13Br. The number of rotatable bonds is 3. The molecule has 0 aliphatic rings. The quantitative estimate of drug-likeness (QED) is 0.472. The maximum absolute atomic E-state index is 3.31. The van der Waals surface area contributed by atoms with Gasteiger partial charge in [-0.3, -0.25) is 0 Å². The summed E-state index contributed by atoms with van der Waals surface area (Å²) in [5.74, 6) is 0. The Bertz CT molecular complexity index is 112. The van der Waals surface area contributed by atoms with Crippen LogP contribution >= 0.6 is 15.9 Å². The maximum Gasteiger partial charge on any atom is 0.0215 e. The van der Waals surface area contributed by atoms with Crippen molar-refractivity contribution in [3.63, 3.8) is 0 Å². The molecule has 0 atom stereocenters. The first-order chi connectivity index (χ1) is 4.31. The molecule has 1 heteroatoms. The van der Waals surface area contributed by atoms with Crippen LogP contribution in [0.15, 0.2) is 23.8 Å². The Morgan fingerprint density at radius 1 is 1.56 bits per heavy atom. The Balaban J connectivity index is 3.55. The maximum atomic E-state index is 3.31. The van der Waals surface area contributed by atoms with Crippen molar-refractivity contribution in [2.45, 2.75) is 20.3 Å². The minimum Gasteiger partial charge on any atom is -0.0883 e. The summed E-state index contributed by atoms with van der Waals surface area (Å²) >= 11 is 3.31. The number of hydrogen-bond acceptors (Lipinski definition) is 0. The molecule has 0 heterocycles. The van der Waals surface area contributed by atoms with Gasteiger partial charge in [0.15, 0.2) is 0 Å². The summed E-state index contributed by atoms with van der Waals surface area (Å²) in [6.45, 7) is 4.30. The highest BCUT2D eigenvalue weighted by Gasteiger charge is 1.76. The van der Waals surface area contributed by atoms with Gasteiger partial charge in [-0.2, -0.15) is 0 Å². The van der Waals surface area contributed by atoms with Crippen LogP contribution in [0.4, 0.5) is 0 Å². The Morgan fingerprint density at radius 3 is 2.67 bits per heavy atom. The van der Waals surface area contributed by atoms with Crippen molar-refractivity contribution < 1.29 is 0 Å². The lowest BCUT2D eigenvalue weighted by molar-refractivity contribution is 1.10. The van der Waals surface area contributed by atoms with E-state index in [4.69, 9.17) is 0 Å². The van der Waals surface area contributed by atoms with Gasteiger partial charge in [-0.25, -0.2) is 0 Å². The topological polar surface area (TPSA) is 0 Å². The third kappa shape index (κ3) is 5.84. The third-order valence-corrected chi connectivity index (χ3v) is 1.54. The summed E-state index contributed by atoms with van der Waals surface area (Å²) in [6, 6.07) is 0. The molecule has 9 heavy (non-hydrogen) atoms. The van der Waals surface area contributed by atoms with Crippen LogP contribution in [0.25, 0.3) is 0 Å². The molecule has 0 nitrogen and oxygen atoms in total. The van der Waals surface area contributed by atoms with Crippen LogP contribution < -0.4 is 0 Å². The molecule has 0 aliphatic heterocycles. The molecule has 0 saturated heterocycles. The molecule has 0 rings (SSSR count). The number of halogens is 1. The molecule has 0 aromatic rings. The van der Waals surface area contributed by atoms with Crippen molar-refractivity contribution in [1.29, 1.82) is 0 Å². The summed E-state index contributed by atoms with van der Waals surface area (Å²) in [4.78, 5) is 0. The highest BCUT2D eigenvalue weighted by molar-refractivity contribution is 9.09. The number of allylic oxidation sites excluding steroid dienone is 4. The van der Waals surface area contributed by atoms with Gasteiger partial charge in [0, 0.05) is 5.33 Å². The first-order valence-corrected chi connectivity index (χ1v) is 4.31. The lowest BCUT2D eigenvalue weighted by Crippen LogP contribution is -1.67. The molecule has 0 aromatic heterocycles. The normalized spacial score (nSPS) is 13.0. The van der Waals surface area contributed by atoms with Crippen LogP contribution in [0.3, 0.4) is 0 Å². The van der Waals surface area contributed by atoms with E-state index in [2.05, 4.69) is 48.0 Å². The molecule has 0 spiro atoms. The second-order valence-corrected chi connectivity index (χ2v) is 2.60. The zero-order valence-corrected chi connectivity index (χ0v) is 7.61. The van der Waals surface area contributed by atoms with Gasteiger partial charge in [-0.05, 0) is 13.3 Å². The standard InChI is InChI=1S/C8H13Br/c1-3-8(2)6-4-5-7-9/h4-6H,3,7H2,1-2H3/b5-4-,8-6-. The largest absolute Gasteiger partial charge is 0.0883 e. The first-order valence-electron chi connectivity index (χ1n) is 3.19. The van der Waals surface area contributed by atoms with E-state index < -0.39 is 0 Å². The number of hydrogen-bond donors (Lipinski definition) is 0. The zero-order chi connectivity index (χ0) is 7.11. The van der Waals surface area contributed by atoms with Crippen molar-refractivity contribution in [1.82, 2.24) is 0 Å². The zero-order valence-electron chi connectivity index (χ0n) is 6.02. The predicted octanol–water partition coefficient (Wildman–Crippen LogP) is 3.29. The fraction of sp³-hybridized carbons (Fsp3) is 0.500. The van der Waals surface area contributed by atoms with Crippen LogP contribution in [0.2, 0.25) is 0 Å². The van der Waals surface area contributed by atoms with Crippen LogP contribution in [-0.2, 0) is 0 Å². The van der Waals surface area contributed by atoms with Gasteiger partial charge in [-0.1, -0.05) is 46.7 Å². The van der Waals surface area contributed by atoms with Crippen molar-refractivity contribution in [2.24, 2.45) is 0 Å². The monoisotopic (exact) mass is 188 g/mol. The molecule has 0 unspecified atom stereocenters. The van der Waals surface area contributed by atoms with E-state index >= 15 is 0 Å². The molecule has 0 bridgehead atoms. The van der Waals surface area contributed by atoms with Gasteiger partial charge in [-0.15, -0.1) is 0 Å². The van der Waals surface area contributed by atoms with Crippen molar-refractivity contribution in [2.75, 3.05) is 5.33 Å². The molecule has 52 valence electrons. The average molecular weight is 189 g/mol. The number of alkyl halides is 1. The van der Waals surface area contributed by atoms with E-state index in [9.17, 15) is 0 Å². The minimum atomic E-state index is 0.945. The summed E-state index contributed by atoms with van der Waals surface area (Å²) in [5, 5.41) is 0.945. The smallest absolute Gasteiger partial charge is 0.0215 e. The Morgan fingerprint density at radius 2 is 2.22 bits per heavy atom. The van der Waals surface area contributed by atoms with E-state index in [-0.39, 0.29) is 0 Å². The molecule has 0 fully saturated rings. The van der Waals surface area contributed by atoms with Gasteiger partial charge in [0.1, 0.15) is 0 Å². The van der Waals surface area contributed by atoms with Crippen molar-refractivity contribution in [3.05, 3.63) is 23.8 Å². The Hall–Kier alpha value is -0.0400. The van der Waals surface area contributed by atoms with Gasteiger partial charge < -0.3 is 0 Å². The fourth-order valence-electron chi connectivity index (χ4n) is 0.402. The predicted molar refractivity (Wildman–Crippen MR) is 47.0 cm³/mol. The van der Waals surface area contributed by atoms with Crippen molar-refractivity contribution >= 4 is 15.9 Å². The van der Waals surface area contributed by atoms with E-state index in [1.165, 1.54) is 5.57 Å². The second-order valence-electron chi connectivity index (χ2n) is 1.95. The molecule has 0 N–H and O–H groups in total. The SMILES string of the molecule is CC/C(C)=C\C=C/CBr. The van der Waals surface area contributed by atoms with Gasteiger partial charge in [0.25, 0.3) is 0 Å². The molecule has 0 aromatic carbocycles. The van der Waals surface area contributed by atoms with Crippen LogP contribution in [0.5, 0.6) is 0 Å². The Kier molecular flexibility index (Phi) is 6.06. The Labute approximate surface area is 65.8 Å².